The molecule has 9 nitrogen and oxygen atoms in total. The molecule has 4 aromatic rings. The van der Waals surface area contributed by atoms with Gasteiger partial charge in [-0.15, -0.1) is 10.2 Å². The van der Waals surface area contributed by atoms with Crippen LogP contribution in [0.1, 0.15) is 38.5 Å². The quantitative estimate of drug-likeness (QED) is 0.385. The predicted octanol–water partition coefficient (Wildman–Crippen LogP) is 4.28. The zero-order valence-electron chi connectivity index (χ0n) is 20.5. The predicted molar refractivity (Wildman–Crippen MR) is 142 cm³/mol. The summed E-state index contributed by atoms with van der Waals surface area (Å²) in [6.45, 7) is 9.40. The number of aromatic nitrogens is 5. The van der Waals surface area contributed by atoms with Crippen LogP contribution in [0.25, 0.3) is 16.6 Å². The Labute approximate surface area is 214 Å². The number of aromatic carboxylic acids is 1. The number of nitrogens with zero attached hydrogens (tertiary/aromatic N) is 5. The number of carboxylic acid groups (broad SMARTS) is 1. The summed E-state index contributed by atoms with van der Waals surface area (Å²) < 4.78 is 3.73. The molecule has 0 radical (unpaired) electrons. The minimum Gasteiger partial charge on any atom is -0.478 e. The van der Waals surface area contributed by atoms with Gasteiger partial charge in [-0.05, 0) is 44.0 Å². The van der Waals surface area contributed by atoms with Crippen molar-refractivity contribution in [1.29, 1.82) is 0 Å². The van der Waals surface area contributed by atoms with E-state index in [9.17, 15) is 14.7 Å². The highest BCUT2D eigenvalue weighted by molar-refractivity contribution is 6.05. The zero-order chi connectivity index (χ0) is 26.4. The van der Waals surface area contributed by atoms with Crippen LogP contribution in [-0.2, 0) is 13.0 Å². The van der Waals surface area contributed by atoms with Gasteiger partial charge in [-0.25, -0.2) is 9.78 Å². The number of carbonyl (C=O) groups is 2. The van der Waals surface area contributed by atoms with Crippen LogP contribution in [-0.4, -0.2) is 47.3 Å². The summed E-state index contributed by atoms with van der Waals surface area (Å²) in [7, 11) is 0. The van der Waals surface area contributed by atoms with Crippen LogP contribution < -0.4 is 5.32 Å². The van der Waals surface area contributed by atoms with Gasteiger partial charge in [0, 0.05) is 29.2 Å². The van der Waals surface area contributed by atoms with Gasteiger partial charge in [0.05, 0.1) is 17.4 Å². The maximum atomic E-state index is 12.7. The average molecular weight is 497 g/mol. The highest BCUT2D eigenvalue weighted by Gasteiger charge is 2.28. The van der Waals surface area contributed by atoms with Crippen molar-refractivity contribution in [2.45, 2.75) is 32.4 Å². The Morgan fingerprint density at radius 3 is 2.46 bits per heavy atom. The number of pyridine rings is 1. The van der Waals surface area contributed by atoms with E-state index in [-0.39, 0.29) is 11.9 Å². The normalized spacial score (nSPS) is 14.5. The van der Waals surface area contributed by atoms with E-state index in [4.69, 9.17) is 0 Å². The first-order chi connectivity index (χ1) is 17.9. The van der Waals surface area contributed by atoms with E-state index in [1.54, 1.807) is 47.7 Å². The molecule has 1 aliphatic rings. The van der Waals surface area contributed by atoms with Gasteiger partial charge >= 0.3 is 5.97 Å². The van der Waals surface area contributed by atoms with Crippen LogP contribution in [0, 0.1) is 6.92 Å². The van der Waals surface area contributed by atoms with E-state index in [2.05, 4.69) is 33.7 Å². The van der Waals surface area contributed by atoms with Gasteiger partial charge in [0.25, 0.3) is 5.91 Å². The highest BCUT2D eigenvalue weighted by atomic mass is 16.4. The Morgan fingerprint density at radius 2 is 1.84 bits per heavy atom. The van der Waals surface area contributed by atoms with Gasteiger partial charge in [0.15, 0.2) is 0 Å². The van der Waals surface area contributed by atoms with Crippen LogP contribution >= 0.6 is 0 Å². The van der Waals surface area contributed by atoms with Crippen molar-refractivity contribution in [3.63, 3.8) is 0 Å². The number of hydrogen-bond donors (Lipinski definition) is 2. The molecule has 3 aromatic heterocycles. The first-order valence-electron chi connectivity index (χ1n) is 11.8. The third-order valence-electron chi connectivity index (χ3n) is 6.09. The molecule has 1 atom stereocenters. The largest absolute Gasteiger partial charge is 0.478 e. The average Bonchev–Trinajstić information content (AvgIpc) is 3.54. The third kappa shape index (κ3) is 5.56. The Morgan fingerprint density at radius 1 is 1.11 bits per heavy atom. The number of hydrogen-bond acceptors (Lipinski definition) is 5. The second kappa shape index (κ2) is 11.3. The summed E-state index contributed by atoms with van der Waals surface area (Å²) in [4.78, 5) is 28.9. The number of nitrogens with one attached hydrogen (secondary N) is 1. The van der Waals surface area contributed by atoms with Crippen molar-refractivity contribution in [2.75, 3.05) is 0 Å². The number of benzene rings is 1. The summed E-state index contributed by atoms with van der Waals surface area (Å²) in [5, 5.41) is 21.1. The van der Waals surface area contributed by atoms with E-state index in [0.29, 0.717) is 30.6 Å². The number of fused-ring (bicyclic) bond motifs is 3. The van der Waals surface area contributed by atoms with Gasteiger partial charge in [0.2, 0.25) is 0 Å². The molecule has 37 heavy (non-hydrogen) atoms. The molecule has 0 saturated heterocycles. The van der Waals surface area contributed by atoms with Crippen molar-refractivity contribution in [3.8, 4) is 5.69 Å². The molecule has 1 aliphatic heterocycles. The molecule has 1 aromatic carbocycles. The van der Waals surface area contributed by atoms with Gasteiger partial charge in [-0.1, -0.05) is 49.1 Å². The summed E-state index contributed by atoms with van der Waals surface area (Å²) in [6.07, 6.45) is 13.0. The van der Waals surface area contributed by atoms with Gasteiger partial charge in [0.1, 0.15) is 18.3 Å². The molecule has 0 saturated carbocycles. The lowest BCUT2D eigenvalue weighted by molar-refractivity contribution is 0.0696. The van der Waals surface area contributed by atoms with Crippen LogP contribution in [0.15, 0.2) is 86.6 Å². The third-order valence-corrected chi connectivity index (χ3v) is 6.09. The fraction of sp³-hybridized carbons (Fsp3) is 0.179. The number of carbonyl (C=O) groups excluding carboxylic acids is 1. The van der Waals surface area contributed by atoms with E-state index in [1.165, 1.54) is 0 Å². The topological polar surface area (TPSA) is 115 Å². The monoisotopic (exact) mass is 496 g/mol. The maximum Gasteiger partial charge on any atom is 0.338 e. The summed E-state index contributed by atoms with van der Waals surface area (Å²) in [5.74, 6) is -1.17. The van der Waals surface area contributed by atoms with Crippen molar-refractivity contribution in [3.05, 3.63) is 109 Å². The number of rotatable bonds is 6. The van der Waals surface area contributed by atoms with Crippen LogP contribution in [0.5, 0.6) is 0 Å². The Bertz CT molecular complexity index is 1460. The Kier molecular flexibility index (Phi) is 7.73. The second-order valence-electron chi connectivity index (χ2n) is 8.59. The molecule has 0 fully saturated rings. The minimum absolute atomic E-state index is 0.113. The van der Waals surface area contributed by atoms with Crippen LogP contribution in [0.4, 0.5) is 0 Å². The smallest absolute Gasteiger partial charge is 0.338 e. The molecule has 2 N–H and O–H groups in total. The molecule has 0 bridgehead atoms. The van der Waals surface area contributed by atoms with Crippen LogP contribution in [0.2, 0.25) is 0 Å². The molecule has 188 valence electrons. The fourth-order valence-corrected chi connectivity index (χ4v) is 4.39. The minimum atomic E-state index is -0.913. The van der Waals surface area contributed by atoms with Gasteiger partial charge in [-0.3, -0.25) is 9.36 Å². The van der Waals surface area contributed by atoms with Crippen LogP contribution in [0.3, 0.4) is 0 Å². The molecule has 5 rings (SSSR count). The summed E-state index contributed by atoms with van der Waals surface area (Å²) in [6, 6.07) is 9.18. The number of allylic oxidation sites excluding steroid dienone is 4. The van der Waals surface area contributed by atoms with Crippen molar-refractivity contribution >= 4 is 22.8 Å². The lowest BCUT2D eigenvalue weighted by Gasteiger charge is -2.26. The van der Waals surface area contributed by atoms with E-state index in [1.807, 2.05) is 41.8 Å². The van der Waals surface area contributed by atoms with Gasteiger partial charge < -0.3 is 15.0 Å². The molecular weight excluding hydrogens is 468 g/mol. The van der Waals surface area contributed by atoms with Crippen molar-refractivity contribution in [1.82, 2.24) is 29.6 Å². The van der Waals surface area contributed by atoms with E-state index in [0.717, 1.165) is 27.8 Å². The number of amides is 1. The van der Waals surface area contributed by atoms with Crippen molar-refractivity contribution in [2.24, 2.45) is 0 Å². The number of aryl methyl sites for hydroxylation is 1. The molecule has 0 aliphatic carbocycles. The molecule has 1 amide bonds. The lowest BCUT2D eigenvalue weighted by Crippen LogP contribution is -2.41. The highest BCUT2D eigenvalue weighted by Crippen LogP contribution is 2.31. The standard InChI is InChI=1S/C22H20N6O3.C6H8/c1-13-2-6-18-16(8-13)20(22(30)31)19-7-3-14(10-28(18)19)26-21(29)17-5-4-15(9-23-17)27-11-24-25-12-27;1-3-5-6-4-2/h2,4-6,8-9,11-12,14H,3,7,10H2,1H3,(H,26,29)(H,30,31);3-6H,1-2H2/b;6-5-. The lowest BCUT2D eigenvalue weighted by atomic mass is 10.0. The fourth-order valence-electron chi connectivity index (χ4n) is 4.39. The first-order valence-corrected chi connectivity index (χ1v) is 11.8. The summed E-state index contributed by atoms with van der Waals surface area (Å²) >= 11 is 0. The summed E-state index contributed by atoms with van der Waals surface area (Å²) in [5.41, 5.74) is 4.17. The zero-order valence-corrected chi connectivity index (χ0v) is 20.5. The SMILES string of the molecule is C=C/C=C\C=C.Cc1ccc2c(c1)c(C(=O)O)c1n2CC(NC(=O)c2ccc(-n3cnnc3)cn2)CC1. The molecule has 0 spiro atoms. The second-order valence-corrected chi connectivity index (χ2v) is 8.59. The van der Waals surface area contributed by atoms with Gasteiger partial charge in [-0.2, -0.15) is 0 Å². The Balaban J connectivity index is 0.000000480. The van der Waals surface area contributed by atoms with Crippen molar-refractivity contribution < 1.29 is 14.7 Å². The molecule has 9 heteroatoms. The maximum absolute atomic E-state index is 12.7. The Hall–Kier alpha value is -4.79. The molecule has 4 heterocycles. The number of carboxylic acids is 1. The molecule has 1 unspecified atom stereocenters. The van der Waals surface area contributed by atoms with E-state index >= 15 is 0 Å². The molecular formula is C28H28N6O3. The van der Waals surface area contributed by atoms with E-state index < -0.39 is 5.97 Å². The first kappa shape index (κ1) is 25.3.